The third-order valence-corrected chi connectivity index (χ3v) is 6.09. The summed E-state index contributed by atoms with van der Waals surface area (Å²) < 4.78 is 10.8. The number of nitrogens with two attached hydrogens (primary N) is 1. The van der Waals surface area contributed by atoms with E-state index in [1.807, 2.05) is 55.2 Å². The minimum atomic E-state index is 0.448. The molecule has 0 fully saturated rings. The number of aryl methyl sites for hydroxylation is 3. The van der Waals surface area contributed by atoms with Crippen molar-refractivity contribution < 1.29 is 4.74 Å². The van der Waals surface area contributed by atoms with Crippen molar-refractivity contribution in [3.63, 3.8) is 0 Å². The van der Waals surface area contributed by atoms with Crippen molar-refractivity contribution in [3.8, 4) is 10.9 Å². The fourth-order valence-corrected chi connectivity index (χ4v) is 4.65. The molecule has 0 radical (unpaired) electrons. The second-order valence-corrected chi connectivity index (χ2v) is 8.13. The molecule has 0 aliphatic rings. The van der Waals surface area contributed by atoms with E-state index in [2.05, 4.69) is 19.6 Å². The van der Waals surface area contributed by atoms with Crippen LogP contribution in [0.25, 0.3) is 26.3 Å². The molecular weight excluding hydrogens is 398 g/mol. The van der Waals surface area contributed by atoms with Gasteiger partial charge in [0.1, 0.15) is 16.3 Å². The van der Waals surface area contributed by atoms with Gasteiger partial charge in [-0.2, -0.15) is 5.10 Å². The summed E-state index contributed by atoms with van der Waals surface area (Å²) >= 11 is 1.64. The lowest BCUT2D eigenvalue weighted by molar-refractivity contribution is 0.297. The number of aromatic nitrogens is 6. The van der Waals surface area contributed by atoms with Crippen LogP contribution in [0.2, 0.25) is 0 Å². The summed E-state index contributed by atoms with van der Waals surface area (Å²) in [5, 5.41) is 5.32. The van der Waals surface area contributed by atoms with E-state index in [-0.39, 0.29) is 0 Å². The number of ether oxygens (including phenoxy) is 1. The van der Waals surface area contributed by atoms with E-state index in [4.69, 9.17) is 15.5 Å². The zero-order valence-corrected chi connectivity index (χ0v) is 17.6. The monoisotopic (exact) mass is 419 g/mol. The van der Waals surface area contributed by atoms with Crippen LogP contribution in [-0.2, 0) is 13.5 Å². The standard InChI is InChI=1S/C21H21N7OS/c1-13-6-3-8-16(24-13)29-11-4-7-15-26-18-19(27(15)2)20-14(25-21(18)22)12-17(30-20)28-10-5-9-23-28/h3,5-6,8-10,12H,4,7,11H2,1-2H3,(H2,22,25). The maximum atomic E-state index is 6.24. The number of imidazole rings is 1. The van der Waals surface area contributed by atoms with Crippen LogP contribution >= 0.6 is 11.3 Å². The molecule has 0 saturated carbocycles. The molecule has 0 bridgehead atoms. The maximum absolute atomic E-state index is 6.24. The molecule has 5 aromatic heterocycles. The summed E-state index contributed by atoms with van der Waals surface area (Å²) in [6.07, 6.45) is 5.28. The molecule has 5 heterocycles. The molecule has 0 aromatic carbocycles. The van der Waals surface area contributed by atoms with Gasteiger partial charge in [-0.05, 0) is 25.5 Å². The number of nitrogen functional groups attached to an aromatic ring is 1. The lowest BCUT2D eigenvalue weighted by Crippen LogP contribution is -2.04. The normalized spacial score (nSPS) is 11.5. The zero-order valence-electron chi connectivity index (χ0n) is 16.7. The fourth-order valence-electron chi connectivity index (χ4n) is 3.53. The van der Waals surface area contributed by atoms with Crippen LogP contribution in [0.3, 0.4) is 0 Å². The third kappa shape index (κ3) is 3.26. The first-order valence-corrected chi connectivity index (χ1v) is 10.5. The molecule has 0 saturated heterocycles. The van der Waals surface area contributed by atoms with Gasteiger partial charge in [-0.25, -0.2) is 19.6 Å². The van der Waals surface area contributed by atoms with Gasteiger partial charge in [0.2, 0.25) is 5.88 Å². The first-order valence-electron chi connectivity index (χ1n) is 9.71. The molecule has 0 atom stereocenters. The number of anilines is 1. The van der Waals surface area contributed by atoms with E-state index < -0.39 is 0 Å². The first-order chi connectivity index (χ1) is 14.6. The van der Waals surface area contributed by atoms with Crippen LogP contribution in [-0.4, -0.2) is 35.9 Å². The minimum absolute atomic E-state index is 0.448. The highest BCUT2D eigenvalue weighted by atomic mass is 32.1. The summed E-state index contributed by atoms with van der Waals surface area (Å²) in [5.41, 5.74) is 9.80. The molecule has 0 aliphatic carbocycles. The molecule has 2 N–H and O–H groups in total. The number of pyridine rings is 2. The van der Waals surface area contributed by atoms with Crippen molar-refractivity contribution in [2.45, 2.75) is 19.8 Å². The van der Waals surface area contributed by atoms with Crippen molar-refractivity contribution in [1.82, 2.24) is 29.3 Å². The van der Waals surface area contributed by atoms with Gasteiger partial charge >= 0.3 is 0 Å². The molecule has 152 valence electrons. The van der Waals surface area contributed by atoms with E-state index >= 15 is 0 Å². The summed E-state index contributed by atoms with van der Waals surface area (Å²) in [6, 6.07) is 9.69. The summed E-state index contributed by atoms with van der Waals surface area (Å²) in [5.74, 6) is 2.06. The van der Waals surface area contributed by atoms with Crippen LogP contribution in [0.15, 0.2) is 42.7 Å². The molecule has 5 rings (SSSR count). The van der Waals surface area contributed by atoms with Gasteiger partial charge in [-0.1, -0.05) is 6.07 Å². The molecule has 0 amide bonds. The minimum Gasteiger partial charge on any atom is -0.478 e. The lowest BCUT2D eigenvalue weighted by Gasteiger charge is -2.06. The van der Waals surface area contributed by atoms with E-state index in [9.17, 15) is 0 Å². The molecule has 0 unspecified atom stereocenters. The molecule has 5 aromatic rings. The van der Waals surface area contributed by atoms with Crippen molar-refractivity contribution in [2.24, 2.45) is 7.05 Å². The van der Waals surface area contributed by atoms with Crippen molar-refractivity contribution in [2.75, 3.05) is 12.3 Å². The SMILES string of the molecule is Cc1cccc(OCCCc2nc3c(N)nc4cc(-n5cccn5)sc4c3n2C)n1. The summed E-state index contributed by atoms with van der Waals surface area (Å²) in [4.78, 5) is 13.7. The van der Waals surface area contributed by atoms with Gasteiger partial charge in [-0.15, -0.1) is 11.3 Å². The van der Waals surface area contributed by atoms with Crippen LogP contribution < -0.4 is 10.5 Å². The van der Waals surface area contributed by atoms with Gasteiger partial charge in [0.05, 0.1) is 22.3 Å². The lowest BCUT2D eigenvalue weighted by atomic mass is 10.3. The number of hydrogen-bond acceptors (Lipinski definition) is 7. The number of nitrogens with zero attached hydrogens (tertiary/aromatic N) is 6. The average molecular weight is 420 g/mol. The maximum Gasteiger partial charge on any atom is 0.213 e. The topological polar surface area (TPSA) is 96.7 Å². The predicted octanol–water partition coefficient (Wildman–Crippen LogP) is 3.67. The number of hydrogen-bond donors (Lipinski definition) is 1. The van der Waals surface area contributed by atoms with Crippen molar-refractivity contribution in [1.29, 1.82) is 0 Å². The Kier molecular flexibility index (Phi) is 4.59. The smallest absolute Gasteiger partial charge is 0.213 e. The summed E-state index contributed by atoms with van der Waals surface area (Å²) in [6.45, 7) is 2.53. The van der Waals surface area contributed by atoms with E-state index in [0.29, 0.717) is 18.3 Å². The Morgan fingerprint density at radius 3 is 2.87 bits per heavy atom. The van der Waals surface area contributed by atoms with Gasteiger partial charge in [0.25, 0.3) is 0 Å². The number of thiophene rings is 1. The average Bonchev–Trinajstić information content (AvgIpc) is 3.45. The molecular formula is C21H21N7OS. The van der Waals surface area contributed by atoms with Crippen LogP contribution in [0, 0.1) is 6.92 Å². The van der Waals surface area contributed by atoms with Crippen LogP contribution in [0.5, 0.6) is 5.88 Å². The molecule has 30 heavy (non-hydrogen) atoms. The van der Waals surface area contributed by atoms with Crippen molar-refractivity contribution >= 4 is 38.4 Å². The van der Waals surface area contributed by atoms with E-state index in [0.717, 1.165) is 50.6 Å². The quantitative estimate of drug-likeness (QED) is 0.422. The Labute approximate surface area is 177 Å². The third-order valence-electron chi connectivity index (χ3n) is 4.97. The van der Waals surface area contributed by atoms with Gasteiger partial charge in [-0.3, -0.25) is 0 Å². The Morgan fingerprint density at radius 1 is 1.17 bits per heavy atom. The molecule has 8 nitrogen and oxygen atoms in total. The van der Waals surface area contributed by atoms with Gasteiger partial charge in [0.15, 0.2) is 5.82 Å². The molecule has 0 spiro atoms. The second kappa shape index (κ2) is 7.42. The first kappa shape index (κ1) is 18.6. The largest absolute Gasteiger partial charge is 0.478 e. The number of rotatable bonds is 6. The molecule has 9 heteroatoms. The van der Waals surface area contributed by atoms with Crippen LogP contribution in [0.1, 0.15) is 17.9 Å². The Morgan fingerprint density at radius 2 is 2.07 bits per heavy atom. The zero-order chi connectivity index (χ0) is 20.7. The van der Waals surface area contributed by atoms with Gasteiger partial charge in [0, 0.05) is 43.7 Å². The highest BCUT2D eigenvalue weighted by Crippen LogP contribution is 2.35. The van der Waals surface area contributed by atoms with E-state index in [1.165, 1.54) is 0 Å². The Bertz CT molecular complexity index is 1340. The summed E-state index contributed by atoms with van der Waals surface area (Å²) in [7, 11) is 2.03. The second-order valence-electron chi connectivity index (χ2n) is 7.10. The Hall–Kier alpha value is -3.46. The van der Waals surface area contributed by atoms with Crippen molar-refractivity contribution in [3.05, 3.63) is 54.2 Å². The fraction of sp³-hybridized carbons (Fsp3) is 0.238. The van der Waals surface area contributed by atoms with Gasteiger partial charge < -0.3 is 15.0 Å². The Balaban J connectivity index is 1.41. The van der Waals surface area contributed by atoms with E-state index in [1.54, 1.807) is 17.5 Å². The molecule has 0 aliphatic heterocycles. The number of fused-ring (bicyclic) bond motifs is 3. The highest BCUT2D eigenvalue weighted by molar-refractivity contribution is 7.22. The predicted molar refractivity (Wildman–Crippen MR) is 118 cm³/mol. The highest BCUT2D eigenvalue weighted by Gasteiger charge is 2.18. The van der Waals surface area contributed by atoms with Crippen LogP contribution in [0.4, 0.5) is 5.82 Å².